The first-order valence-corrected chi connectivity index (χ1v) is 7.63. The molecule has 0 aliphatic heterocycles. The number of aromatic hydroxyl groups is 1. The van der Waals surface area contributed by atoms with Crippen molar-refractivity contribution in [2.24, 2.45) is 4.99 Å². The smallest absolute Gasteiger partial charge is 0.117 e. The van der Waals surface area contributed by atoms with Gasteiger partial charge in [-0.2, -0.15) is 0 Å². The van der Waals surface area contributed by atoms with Crippen LogP contribution in [0.1, 0.15) is 22.5 Å². The van der Waals surface area contributed by atoms with Crippen molar-refractivity contribution < 1.29 is 5.11 Å². The molecule has 1 aromatic heterocycles. The van der Waals surface area contributed by atoms with Gasteiger partial charge in [-0.05, 0) is 51.1 Å². The van der Waals surface area contributed by atoms with Crippen LogP contribution in [0, 0.1) is 20.8 Å². The molecule has 3 aromatic rings. The number of hydrogen-bond donors (Lipinski definition) is 1. The Hall–Kier alpha value is -2.81. The summed E-state index contributed by atoms with van der Waals surface area (Å²) in [6.45, 7) is 6.28. The standard InChI is InChI=1S/C20H20N2O/c1-14-7-9-19(10-8-14)22-15(2)11-17(16(22)3)13-21-18-5-4-6-20(23)12-18/h4-13,23H,1-3H3. The maximum atomic E-state index is 9.51. The predicted octanol–water partition coefficient (Wildman–Crippen LogP) is 4.86. The van der Waals surface area contributed by atoms with Gasteiger partial charge in [-0.3, -0.25) is 4.99 Å². The average Bonchev–Trinajstić information content (AvgIpc) is 2.81. The van der Waals surface area contributed by atoms with Gasteiger partial charge in [0.15, 0.2) is 0 Å². The van der Waals surface area contributed by atoms with E-state index in [4.69, 9.17) is 0 Å². The van der Waals surface area contributed by atoms with Gasteiger partial charge in [-0.25, -0.2) is 0 Å². The molecule has 0 aliphatic carbocycles. The fourth-order valence-electron chi connectivity index (χ4n) is 2.73. The van der Waals surface area contributed by atoms with Crippen molar-refractivity contribution in [1.82, 2.24) is 4.57 Å². The number of nitrogens with zero attached hydrogens (tertiary/aromatic N) is 2. The van der Waals surface area contributed by atoms with Gasteiger partial charge in [-0.1, -0.05) is 23.8 Å². The first-order valence-electron chi connectivity index (χ1n) is 7.63. The summed E-state index contributed by atoms with van der Waals surface area (Å²) in [4.78, 5) is 4.46. The molecule has 23 heavy (non-hydrogen) atoms. The van der Waals surface area contributed by atoms with Gasteiger partial charge in [0, 0.05) is 34.9 Å². The quantitative estimate of drug-likeness (QED) is 0.689. The van der Waals surface area contributed by atoms with Gasteiger partial charge in [0.25, 0.3) is 0 Å². The van der Waals surface area contributed by atoms with Crippen LogP contribution in [0.4, 0.5) is 5.69 Å². The van der Waals surface area contributed by atoms with E-state index in [2.05, 4.69) is 60.7 Å². The van der Waals surface area contributed by atoms with E-state index in [-0.39, 0.29) is 5.75 Å². The average molecular weight is 304 g/mol. The second kappa shape index (κ2) is 6.13. The minimum absolute atomic E-state index is 0.227. The van der Waals surface area contributed by atoms with Crippen LogP contribution in [-0.2, 0) is 0 Å². The van der Waals surface area contributed by atoms with Crippen molar-refractivity contribution >= 4 is 11.9 Å². The summed E-state index contributed by atoms with van der Waals surface area (Å²) in [6, 6.07) is 17.6. The molecule has 3 nitrogen and oxygen atoms in total. The van der Waals surface area contributed by atoms with Gasteiger partial charge in [0.1, 0.15) is 5.75 Å². The minimum atomic E-state index is 0.227. The number of rotatable bonds is 3. The minimum Gasteiger partial charge on any atom is -0.508 e. The Kier molecular flexibility index (Phi) is 4.02. The molecule has 2 aromatic carbocycles. The summed E-state index contributed by atoms with van der Waals surface area (Å²) in [5.74, 6) is 0.227. The van der Waals surface area contributed by atoms with Crippen LogP contribution >= 0.6 is 0 Å². The van der Waals surface area contributed by atoms with Gasteiger partial charge < -0.3 is 9.67 Å². The van der Waals surface area contributed by atoms with Gasteiger partial charge in [-0.15, -0.1) is 0 Å². The van der Waals surface area contributed by atoms with Crippen molar-refractivity contribution in [3.05, 3.63) is 77.1 Å². The highest BCUT2D eigenvalue weighted by Crippen LogP contribution is 2.22. The Morgan fingerprint density at radius 2 is 1.70 bits per heavy atom. The van der Waals surface area contributed by atoms with Crippen molar-refractivity contribution in [3.63, 3.8) is 0 Å². The Morgan fingerprint density at radius 1 is 0.957 bits per heavy atom. The van der Waals surface area contributed by atoms with E-state index in [0.717, 1.165) is 22.6 Å². The van der Waals surface area contributed by atoms with Crippen molar-refractivity contribution in [3.8, 4) is 11.4 Å². The van der Waals surface area contributed by atoms with E-state index in [1.807, 2.05) is 12.3 Å². The monoisotopic (exact) mass is 304 g/mol. The highest BCUT2D eigenvalue weighted by Gasteiger charge is 2.09. The first kappa shape index (κ1) is 15.1. The summed E-state index contributed by atoms with van der Waals surface area (Å²) in [5, 5.41) is 9.51. The van der Waals surface area contributed by atoms with E-state index in [9.17, 15) is 5.11 Å². The third kappa shape index (κ3) is 3.19. The van der Waals surface area contributed by atoms with Crippen LogP contribution in [-0.4, -0.2) is 15.9 Å². The van der Waals surface area contributed by atoms with Gasteiger partial charge in [0.2, 0.25) is 0 Å². The van der Waals surface area contributed by atoms with E-state index in [0.29, 0.717) is 0 Å². The van der Waals surface area contributed by atoms with Crippen molar-refractivity contribution in [2.45, 2.75) is 20.8 Å². The van der Waals surface area contributed by atoms with Gasteiger partial charge in [0.05, 0.1) is 5.69 Å². The fraction of sp³-hybridized carbons (Fsp3) is 0.150. The number of phenols is 1. The molecule has 1 N–H and O–H groups in total. The molecule has 0 aliphatic rings. The number of aromatic nitrogens is 1. The second-order valence-electron chi connectivity index (χ2n) is 5.78. The number of aryl methyl sites for hydroxylation is 2. The zero-order valence-corrected chi connectivity index (χ0v) is 13.6. The molecule has 0 saturated carbocycles. The lowest BCUT2D eigenvalue weighted by Gasteiger charge is -2.09. The Morgan fingerprint density at radius 3 is 2.39 bits per heavy atom. The number of aliphatic imine (C=N–C) groups is 1. The maximum absolute atomic E-state index is 9.51. The molecular formula is C20H20N2O. The van der Waals surface area contributed by atoms with E-state index >= 15 is 0 Å². The summed E-state index contributed by atoms with van der Waals surface area (Å²) >= 11 is 0. The van der Waals surface area contributed by atoms with Crippen LogP contribution in [0.5, 0.6) is 5.75 Å². The van der Waals surface area contributed by atoms with Crippen molar-refractivity contribution in [2.75, 3.05) is 0 Å². The Labute approximate surface area is 136 Å². The molecule has 0 saturated heterocycles. The molecule has 0 unspecified atom stereocenters. The zero-order chi connectivity index (χ0) is 16.4. The molecule has 0 bridgehead atoms. The third-order valence-corrected chi connectivity index (χ3v) is 3.94. The first-order chi connectivity index (χ1) is 11.0. The molecule has 0 spiro atoms. The topological polar surface area (TPSA) is 37.5 Å². The number of benzene rings is 2. The summed E-state index contributed by atoms with van der Waals surface area (Å²) < 4.78 is 2.23. The second-order valence-corrected chi connectivity index (χ2v) is 5.78. The molecule has 3 heteroatoms. The lowest BCUT2D eigenvalue weighted by Crippen LogP contribution is -1.99. The zero-order valence-electron chi connectivity index (χ0n) is 13.6. The van der Waals surface area contributed by atoms with Crippen LogP contribution in [0.2, 0.25) is 0 Å². The summed E-state index contributed by atoms with van der Waals surface area (Å²) in [7, 11) is 0. The van der Waals surface area contributed by atoms with E-state index < -0.39 is 0 Å². The van der Waals surface area contributed by atoms with Crippen LogP contribution < -0.4 is 0 Å². The molecule has 0 fully saturated rings. The van der Waals surface area contributed by atoms with Crippen LogP contribution in [0.15, 0.2) is 59.6 Å². The van der Waals surface area contributed by atoms with Gasteiger partial charge >= 0.3 is 0 Å². The highest BCUT2D eigenvalue weighted by molar-refractivity contribution is 5.84. The number of hydrogen-bond acceptors (Lipinski definition) is 2. The van der Waals surface area contributed by atoms with Crippen molar-refractivity contribution in [1.29, 1.82) is 0 Å². The molecular weight excluding hydrogens is 284 g/mol. The predicted molar refractivity (Wildman–Crippen MR) is 95.3 cm³/mol. The lowest BCUT2D eigenvalue weighted by molar-refractivity contribution is 0.475. The summed E-state index contributed by atoms with van der Waals surface area (Å²) in [6.07, 6.45) is 1.85. The van der Waals surface area contributed by atoms with Crippen LogP contribution in [0.25, 0.3) is 5.69 Å². The van der Waals surface area contributed by atoms with E-state index in [1.165, 1.54) is 11.3 Å². The fourth-order valence-corrected chi connectivity index (χ4v) is 2.73. The maximum Gasteiger partial charge on any atom is 0.117 e. The SMILES string of the molecule is Cc1ccc(-n2c(C)cc(C=Nc3cccc(O)c3)c2C)cc1. The van der Waals surface area contributed by atoms with E-state index in [1.54, 1.807) is 18.2 Å². The lowest BCUT2D eigenvalue weighted by atomic mass is 10.2. The molecule has 0 amide bonds. The Bertz CT molecular complexity index is 858. The molecule has 3 rings (SSSR count). The highest BCUT2D eigenvalue weighted by atomic mass is 16.3. The Balaban J connectivity index is 1.96. The molecule has 0 atom stereocenters. The normalized spacial score (nSPS) is 11.3. The molecule has 0 radical (unpaired) electrons. The van der Waals surface area contributed by atoms with Crippen LogP contribution in [0.3, 0.4) is 0 Å². The molecule has 1 heterocycles. The molecule has 116 valence electrons. The summed E-state index contributed by atoms with van der Waals surface area (Å²) in [5.41, 5.74) is 6.54. The number of phenolic OH excluding ortho intramolecular Hbond substituents is 1. The largest absolute Gasteiger partial charge is 0.508 e. The third-order valence-electron chi connectivity index (χ3n) is 3.94.